The highest BCUT2D eigenvalue weighted by Gasteiger charge is 2.23. The van der Waals surface area contributed by atoms with Crippen LogP contribution in [0.15, 0.2) is 12.4 Å². The Morgan fingerprint density at radius 3 is 2.50 bits per heavy atom. The molecule has 0 amide bonds. The molecule has 18 heavy (non-hydrogen) atoms. The van der Waals surface area contributed by atoms with Crippen molar-refractivity contribution in [2.24, 2.45) is 0 Å². The Balaban J connectivity index is 3.03. The smallest absolute Gasteiger partial charge is 0.216 e. The third-order valence-electron chi connectivity index (χ3n) is 2.65. The number of aromatic nitrogens is 1. The second-order valence-corrected chi connectivity index (χ2v) is 7.51. The number of alkyl halides is 1. The first-order chi connectivity index (χ1) is 8.30. The molecule has 4 nitrogen and oxygen atoms in total. The lowest BCUT2D eigenvalue weighted by Gasteiger charge is -2.20. The first-order valence-corrected chi connectivity index (χ1v) is 7.84. The summed E-state index contributed by atoms with van der Waals surface area (Å²) in [5, 5.41) is -0.00746. The van der Waals surface area contributed by atoms with Gasteiger partial charge in [0.15, 0.2) is 0 Å². The molecular formula is C11H16Cl2N2O2S. The minimum absolute atomic E-state index is 0.218. The van der Waals surface area contributed by atoms with Crippen LogP contribution in [0.2, 0.25) is 5.02 Å². The lowest BCUT2D eigenvalue weighted by Crippen LogP contribution is -2.32. The van der Waals surface area contributed by atoms with Gasteiger partial charge in [-0.3, -0.25) is 4.98 Å². The van der Waals surface area contributed by atoms with Crippen LogP contribution in [0.3, 0.4) is 0 Å². The van der Waals surface area contributed by atoms with E-state index in [4.69, 9.17) is 23.2 Å². The minimum Gasteiger partial charge on any atom is -0.263 e. The summed E-state index contributed by atoms with van der Waals surface area (Å²) < 4.78 is 25.2. The quantitative estimate of drug-likeness (QED) is 0.786. The Bertz CT molecular complexity index is 518. The van der Waals surface area contributed by atoms with Gasteiger partial charge in [0.25, 0.3) is 0 Å². The highest BCUT2D eigenvalue weighted by atomic mass is 35.5. The van der Waals surface area contributed by atoms with Gasteiger partial charge in [-0.2, -0.15) is 0 Å². The van der Waals surface area contributed by atoms with Crippen molar-refractivity contribution in [3.63, 3.8) is 0 Å². The third-order valence-corrected chi connectivity index (χ3v) is 5.43. The number of rotatable bonds is 5. The van der Waals surface area contributed by atoms with Crippen LogP contribution in [0.5, 0.6) is 0 Å². The molecule has 0 unspecified atom stereocenters. The van der Waals surface area contributed by atoms with Crippen molar-refractivity contribution in [3.8, 4) is 0 Å². The molecule has 0 aliphatic carbocycles. The van der Waals surface area contributed by atoms with E-state index in [1.165, 1.54) is 17.5 Å². The van der Waals surface area contributed by atoms with E-state index in [0.717, 1.165) is 11.1 Å². The summed E-state index contributed by atoms with van der Waals surface area (Å²) in [4.78, 5) is 3.96. The first kappa shape index (κ1) is 15.7. The van der Waals surface area contributed by atoms with E-state index in [9.17, 15) is 8.42 Å². The van der Waals surface area contributed by atoms with Crippen molar-refractivity contribution in [3.05, 3.63) is 28.5 Å². The van der Waals surface area contributed by atoms with Gasteiger partial charge in [0.2, 0.25) is 10.0 Å². The maximum Gasteiger partial charge on any atom is 0.216 e. The van der Waals surface area contributed by atoms with Gasteiger partial charge in [-0.25, -0.2) is 12.7 Å². The fourth-order valence-electron chi connectivity index (χ4n) is 1.48. The van der Waals surface area contributed by atoms with Crippen LogP contribution in [-0.4, -0.2) is 30.0 Å². The van der Waals surface area contributed by atoms with Gasteiger partial charge in [0.05, 0.1) is 10.3 Å². The SMILES string of the molecule is CC(C)S(=O)(=O)N(C)Cc1cncc(Cl)c1CCl. The molecule has 102 valence electrons. The molecule has 0 saturated heterocycles. The van der Waals surface area contributed by atoms with E-state index < -0.39 is 15.3 Å². The molecular weight excluding hydrogens is 295 g/mol. The summed E-state index contributed by atoms with van der Waals surface area (Å²) >= 11 is 11.8. The molecule has 1 aromatic rings. The average Bonchev–Trinajstić information content (AvgIpc) is 2.29. The molecule has 1 aromatic heterocycles. The Morgan fingerprint density at radius 2 is 2.00 bits per heavy atom. The second-order valence-electron chi connectivity index (χ2n) is 4.24. The maximum absolute atomic E-state index is 12.0. The normalized spacial score (nSPS) is 12.4. The molecule has 0 aliphatic heterocycles. The summed E-state index contributed by atoms with van der Waals surface area (Å²) in [6, 6.07) is 0. The molecule has 0 aliphatic rings. The van der Waals surface area contributed by atoms with Crippen LogP contribution >= 0.6 is 23.2 Å². The van der Waals surface area contributed by atoms with Gasteiger partial charge in [0.1, 0.15) is 0 Å². The fourth-order valence-corrected chi connectivity index (χ4v) is 3.14. The summed E-state index contributed by atoms with van der Waals surface area (Å²) in [6.45, 7) is 3.51. The van der Waals surface area contributed by atoms with Gasteiger partial charge in [0, 0.05) is 31.9 Å². The summed E-state index contributed by atoms with van der Waals surface area (Å²) in [7, 11) is -1.76. The number of pyridine rings is 1. The van der Waals surface area contributed by atoms with Crippen molar-refractivity contribution in [1.29, 1.82) is 0 Å². The lowest BCUT2D eigenvalue weighted by atomic mass is 10.1. The van der Waals surface area contributed by atoms with Crippen LogP contribution in [0.1, 0.15) is 25.0 Å². The highest BCUT2D eigenvalue weighted by Crippen LogP contribution is 2.22. The predicted octanol–water partition coefficient (Wildman–Crippen LogP) is 2.64. The third kappa shape index (κ3) is 3.35. The van der Waals surface area contributed by atoms with Gasteiger partial charge < -0.3 is 0 Å². The van der Waals surface area contributed by atoms with Gasteiger partial charge in [-0.1, -0.05) is 11.6 Å². The van der Waals surface area contributed by atoms with Crippen molar-refractivity contribution in [1.82, 2.24) is 9.29 Å². The Morgan fingerprint density at radius 1 is 1.39 bits per heavy atom. The van der Waals surface area contributed by atoms with Gasteiger partial charge >= 0.3 is 0 Å². The molecule has 0 fully saturated rings. The van der Waals surface area contributed by atoms with E-state index in [2.05, 4.69) is 4.98 Å². The van der Waals surface area contributed by atoms with E-state index in [0.29, 0.717) is 5.02 Å². The zero-order valence-electron chi connectivity index (χ0n) is 10.5. The van der Waals surface area contributed by atoms with Crippen molar-refractivity contribution < 1.29 is 8.42 Å². The maximum atomic E-state index is 12.0. The highest BCUT2D eigenvalue weighted by molar-refractivity contribution is 7.89. The van der Waals surface area contributed by atoms with Crippen LogP contribution in [0, 0.1) is 0 Å². The second kappa shape index (κ2) is 6.19. The van der Waals surface area contributed by atoms with Crippen LogP contribution in [0.4, 0.5) is 0 Å². The summed E-state index contributed by atoms with van der Waals surface area (Å²) in [5.41, 5.74) is 1.45. The number of hydrogen-bond acceptors (Lipinski definition) is 3. The van der Waals surface area contributed by atoms with Crippen LogP contribution in [-0.2, 0) is 22.4 Å². The molecule has 0 bridgehead atoms. The number of halogens is 2. The molecule has 0 spiro atoms. The number of sulfonamides is 1. The molecule has 0 atom stereocenters. The van der Waals surface area contributed by atoms with Crippen molar-refractivity contribution in [2.45, 2.75) is 31.5 Å². The van der Waals surface area contributed by atoms with E-state index in [-0.39, 0.29) is 12.4 Å². The molecule has 0 saturated carbocycles. The molecule has 1 heterocycles. The molecule has 0 radical (unpaired) electrons. The first-order valence-electron chi connectivity index (χ1n) is 5.43. The Hall–Kier alpha value is -0.360. The zero-order chi connectivity index (χ0) is 13.9. The molecule has 1 rings (SSSR count). The van der Waals surface area contributed by atoms with Crippen LogP contribution < -0.4 is 0 Å². The van der Waals surface area contributed by atoms with Crippen LogP contribution in [0.25, 0.3) is 0 Å². The van der Waals surface area contributed by atoms with Crippen molar-refractivity contribution >= 4 is 33.2 Å². The molecule has 0 aromatic carbocycles. The largest absolute Gasteiger partial charge is 0.263 e. The zero-order valence-corrected chi connectivity index (χ0v) is 12.8. The fraction of sp³-hybridized carbons (Fsp3) is 0.545. The van der Waals surface area contributed by atoms with Gasteiger partial charge in [-0.15, -0.1) is 11.6 Å². The minimum atomic E-state index is -3.29. The van der Waals surface area contributed by atoms with E-state index in [1.54, 1.807) is 20.0 Å². The Kier molecular flexibility index (Phi) is 5.40. The monoisotopic (exact) mass is 310 g/mol. The van der Waals surface area contributed by atoms with E-state index in [1.807, 2.05) is 0 Å². The van der Waals surface area contributed by atoms with E-state index >= 15 is 0 Å². The number of nitrogens with zero attached hydrogens (tertiary/aromatic N) is 2. The topological polar surface area (TPSA) is 50.3 Å². The standard InChI is InChI=1S/C11H16Cl2N2O2S/c1-8(2)18(16,17)15(3)7-9-5-14-6-11(13)10(9)4-12/h5-6,8H,4,7H2,1-3H3. The summed E-state index contributed by atoms with van der Waals surface area (Å²) in [5.74, 6) is 0.228. The predicted molar refractivity (Wildman–Crippen MR) is 74.3 cm³/mol. The lowest BCUT2D eigenvalue weighted by molar-refractivity contribution is 0.458. The Labute approximate surface area is 118 Å². The van der Waals surface area contributed by atoms with Gasteiger partial charge in [-0.05, 0) is 25.0 Å². The van der Waals surface area contributed by atoms with Crippen molar-refractivity contribution in [2.75, 3.05) is 7.05 Å². The average molecular weight is 311 g/mol. The number of hydrogen-bond donors (Lipinski definition) is 0. The molecule has 0 N–H and O–H groups in total. The summed E-state index contributed by atoms with van der Waals surface area (Å²) in [6.07, 6.45) is 3.09. The molecule has 7 heteroatoms.